The molecule has 3 aliphatic rings. The number of aliphatic hydroxyl groups excluding tert-OH is 1. The summed E-state index contributed by atoms with van der Waals surface area (Å²) >= 11 is 0. The van der Waals surface area contributed by atoms with Crippen LogP contribution in [-0.4, -0.2) is 47.9 Å². The summed E-state index contributed by atoms with van der Waals surface area (Å²) in [6.07, 6.45) is 1.75. The van der Waals surface area contributed by atoms with Crippen LogP contribution in [-0.2, 0) is 28.6 Å². The Kier molecular flexibility index (Phi) is 5.80. The van der Waals surface area contributed by atoms with Gasteiger partial charge in [0, 0.05) is 18.4 Å². The lowest BCUT2D eigenvalue weighted by Gasteiger charge is -2.28. The SMILES string of the molecule is C=C1C(=O)O[C@@H]2[C@H]3C(=C)[C@@H](O)C[C@H]3C(C)=C[C@H](OC(=O)/C(=C\C)COC(C)=O)[C@@H]12. The Morgan fingerprint density at radius 2 is 2.03 bits per heavy atom. The van der Waals surface area contributed by atoms with Gasteiger partial charge in [-0.25, -0.2) is 9.59 Å². The number of hydrogen-bond donors (Lipinski definition) is 1. The Hall–Kier alpha value is -2.67. The Bertz CT molecular complexity index is 834. The summed E-state index contributed by atoms with van der Waals surface area (Å²) in [6.45, 7) is 12.5. The normalized spacial score (nSPS) is 34.0. The molecule has 0 aromatic rings. The molecule has 0 spiro atoms. The van der Waals surface area contributed by atoms with E-state index < -0.39 is 42.1 Å². The van der Waals surface area contributed by atoms with Crippen molar-refractivity contribution < 1.29 is 33.7 Å². The van der Waals surface area contributed by atoms with E-state index in [1.54, 1.807) is 13.0 Å². The smallest absolute Gasteiger partial charge is 0.337 e. The number of carbonyl (C=O) groups excluding carboxylic acids is 3. The first kappa shape index (κ1) is 21.0. The molecular formula is C22H26O7. The van der Waals surface area contributed by atoms with E-state index in [2.05, 4.69) is 13.2 Å². The van der Waals surface area contributed by atoms with Gasteiger partial charge in [0.1, 0.15) is 18.8 Å². The summed E-state index contributed by atoms with van der Waals surface area (Å²) in [5.74, 6) is -2.58. The first-order valence-electron chi connectivity index (χ1n) is 9.60. The van der Waals surface area contributed by atoms with Crippen LogP contribution in [0.25, 0.3) is 0 Å². The number of hydrogen-bond acceptors (Lipinski definition) is 7. The lowest BCUT2D eigenvalue weighted by molar-refractivity contribution is -0.147. The van der Waals surface area contributed by atoms with E-state index in [4.69, 9.17) is 14.2 Å². The van der Waals surface area contributed by atoms with E-state index in [1.807, 2.05) is 6.92 Å². The Morgan fingerprint density at radius 1 is 1.34 bits per heavy atom. The highest BCUT2D eigenvalue weighted by Gasteiger charge is 2.55. The second-order valence-electron chi connectivity index (χ2n) is 7.75. The summed E-state index contributed by atoms with van der Waals surface area (Å²) in [4.78, 5) is 36.0. The molecule has 6 atom stereocenters. The Labute approximate surface area is 169 Å². The molecule has 1 heterocycles. The summed E-state index contributed by atoms with van der Waals surface area (Å²) in [5.41, 5.74) is 1.98. The van der Waals surface area contributed by atoms with Gasteiger partial charge in [0.2, 0.25) is 0 Å². The maximum Gasteiger partial charge on any atom is 0.337 e. The lowest BCUT2D eigenvalue weighted by atomic mass is 9.80. The summed E-state index contributed by atoms with van der Waals surface area (Å²) in [6, 6.07) is 0. The molecule has 0 amide bonds. The number of fused-ring (bicyclic) bond motifs is 3. The van der Waals surface area contributed by atoms with E-state index in [1.165, 1.54) is 13.0 Å². The molecule has 1 saturated carbocycles. The third-order valence-corrected chi connectivity index (χ3v) is 6.03. The first-order valence-corrected chi connectivity index (χ1v) is 9.60. The number of allylic oxidation sites excluding steroid dienone is 2. The van der Waals surface area contributed by atoms with Gasteiger partial charge in [0.15, 0.2) is 0 Å². The zero-order valence-corrected chi connectivity index (χ0v) is 16.8. The molecule has 1 N–H and O–H groups in total. The Balaban J connectivity index is 1.91. The van der Waals surface area contributed by atoms with Crippen LogP contribution in [0.15, 0.2) is 47.6 Å². The van der Waals surface area contributed by atoms with Gasteiger partial charge in [0.25, 0.3) is 0 Å². The van der Waals surface area contributed by atoms with Crippen LogP contribution in [0, 0.1) is 17.8 Å². The predicted octanol–water partition coefficient (Wildman–Crippen LogP) is 2.02. The molecule has 2 aliphatic carbocycles. The van der Waals surface area contributed by atoms with Crippen molar-refractivity contribution in [3.05, 3.63) is 47.6 Å². The highest BCUT2D eigenvalue weighted by atomic mass is 16.6. The number of rotatable bonds is 4. The molecular weight excluding hydrogens is 376 g/mol. The zero-order valence-electron chi connectivity index (χ0n) is 16.8. The fourth-order valence-electron chi connectivity index (χ4n) is 4.45. The van der Waals surface area contributed by atoms with Crippen molar-refractivity contribution in [3.8, 4) is 0 Å². The minimum absolute atomic E-state index is 0.0605. The maximum atomic E-state index is 12.7. The van der Waals surface area contributed by atoms with Gasteiger partial charge < -0.3 is 19.3 Å². The quantitative estimate of drug-likeness (QED) is 0.332. The second-order valence-corrected chi connectivity index (χ2v) is 7.75. The van der Waals surface area contributed by atoms with Gasteiger partial charge >= 0.3 is 17.9 Å². The molecule has 156 valence electrons. The van der Waals surface area contributed by atoms with Crippen LogP contribution < -0.4 is 0 Å². The summed E-state index contributed by atoms with van der Waals surface area (Å²) < 4.78 is 16.2. The van der Waals surface area contributed by atoms with Gasteiger partial charge in [-0.1, -0.05) is 24.8 Å². The van der Waals surface area contributed by atoms with Crippen LogP contribution in [0.3, 0.4) is 0 Å². The van der Waals surface area contributed by atoms with Crippen molar-refractivity contribution >= 4 is 17.9 Å². The van der Waals surface area contributed by atoms with Crippen molar-refractivity contribution in [2.45, 2.75) is 45.5 Å². The molecule has 1 aliphatic heterocycles. The van der Waals surface area contributed by atoms with Crippen molar-refractivity contribution in [3.63, 3.8) is 0 Å². The standard InChI is InChI=1S/C22H26O7/c1-6-14(9-27-13(5)23)22(26)28-17-7-10(2)15-8-16(24)11(3)18(15)20-19(17)12(4)21(25)29-20/h6-7,15-20,24H,3-4,8-9H2,1-2,5H3/b14-6-/t15-,16-,17-,18-,19+,20+/m0/s1. The average molecular weight is 402 g/mol. The summed E-state index contributed by atoms with van der Waals surface area (Å²) in [7, 11) is 0. The van der Waals surface area contributed by atoms with Crippen molar-refractivity contribution in [2.75, 3.05) is 6.61 Å². The summed E-state index contributed by atoms with van der Waals surface area (Å²) in [5, 5.41) is 10.3. The van der Waals surface area contributed by atoms with E-state index in [-0.39, 0.29) is 29.6 Å². The van der Waals surface area contributed by atoms with Crippen LogP contribution in [0.1, 0.15) is 27.2 Å². The van der Waals surface area contributed by atoms with Crippen LogP contribution in [0.5, 0.6) is 0 Å². The van der Waals surface area contributed by atoms with E-state index in [0.717, 1.165) is 5.57 Å². The second kappa shape index (κ2) is 7.99. The molecule has 1 saturated heterocycles. The fourth-order valence-corrected chi connectivity index (χ4v) is 4.45. The number of esters is 3. The molecule has 2 fully saturated rings. The Morgan fingerprint density at radius 3 is 2.66 bits per heavy atom. The van der Waals surface area contributed by atoms with E-state index in [9.17, 15) is 19.5 Å². The maximum absolute atomic E-state index is 12.7. The molecule has 0 aromatic heterocycles. The van der Waals surface area contributed by atoms with E-state index >= 15 is 0 Å². The topological polar surface area (TPSA) is 99.1 Å². The van der Waals surface area contributed by atoms with Gasteiger partial charge in [-0.3, -0.25) is 4.79 Å². The molecule has 3 rings (SSSR count). The molecule has 29 heavy (non-hydrogen) atoms. The third kappa shape index (κ3) is 3.79. The van der Waals surface area contributed by atoms with Crippen LogP contribution in [0.4, 0.5) is 0 Å². The van der Waals surface area contributed by atoms with Gasteiger partial charge in [-0.15, -0.1) is 0 Å². The number of ether oxygens (including phenoxy) is 3. The van der Waals surface area contributed by atoms with Gasteiger partial charge in [0.05, 0.1) is 17.6 Å². The lowest BCUT2D eigenvalue weighted by Crippen LogP contribution is -2.36. The largest absolute Gasteiger partial charge is 0.461 e. The van der Waals surface area contributed by atoms with E-state index in [0.29, 0.717) is 12.0 Å². The molecule has 7 nitrogen and oxygen atoms in total. The average Bonchev–Trinajstić information content (AvgIpc) is 3.07. The molecule has 0 unspecified atom stereocenters. The third-order valence-electron chi connectivity index (χ3n) is 6.03. The number of aliphatic hydroxyl groups is 1. The van der Waals surface area contributed by atoms with Crippen LogP contribution in [0.2, 0.25) is 0 Å². The minimum Gasteiger partial charge on any atom is -0.461 e. The van der Waals surface area contributed by atoms with Crippen molar-refractivity contribution in [1.29, 1.82) is 0 Å². The van der Waals surface area contributed by atoms with Gasteiger partial charge in [-0.2, -0.15) is 0 Å². The molecule has 0 radical (unpaired) electrons. The highest BCUT2D eigenvalue weighted by Crippen LogP contribution is 2.51. The fraction of sp³-hybridized carbons (Fsp3) is 0.500. The van der Waals surface area contributed by atoms with Crippen LogP contribution >= 0.6 is 0 Å². The zero-order chi connectivity index (χ0) is 21.5. The first-order chi connectivity index (χ1) is 13.6. The molecule has 0 bridgehead atoms. The number of carbonyl (C=O) groups is 3. The minimum atomic E-state index is -0.769. The van der Waals surface area contributed by atoms with Crippen molar-refractivity contribution in [2.24, 2.45) is 17.8 Å². The van der Waals surface area contributed by atoms with Gasteiger partial charge in [-0.05, 0) is 37.8 Å². The molecule has 0 aromatic carbocycles. The van der Waals surface area contributed by atoms with Crippen molar-refractivity contribution in [1.82, 2.24) is 0 Å². The highest BCUT2D eigenvalue weighted by molar-refractivity contribution is 5.92. The molecule has 7 heteroatoms. The monoisotopic (exact) mass is 402 g/mol. The predicted molar refractivity (Wildman–Crippen MR) is 103 cm³/mol.